The Morgan fingerprint density at radius 2 is 1.34 bits per heavy atom. The first-order valence-electron chi connectivity index (χ1n) is 11.0. The molecule has 3 aromatic rings. The van der Waals surface area contributed by atoms with E-state index in [4.69, 9.17) is 13.9 Å². The molecule has 3 aromatic carbocycles. The summed E-state index contributed by atoms with van der Waals surface area (Å²) in [6, 6.07) is 29.5. The van der Waals surface area contributed by atoms with Crippen LogP contribution in [0.2, 0.25) is 5.04 Å². The van der Waals surface area contributed by atoms with Crippen molar-refractivity contribution in [3.8, 4) is 5.75 Å². The van der Waals surface area contributed by atoms with Crippen LogP contribution in [-0.2, 0) is 15.8 Å². The van der Waals surface area contributed by atoms with E-state index in [1.54, 1.807) is 7.11 Å². The highest BCUT2D eigenvalue weighted by molar-refractivity contribution is 14.1. The molecule has 5 heteroatoms. The average molecular weight is 561 g/mol. The van der Waals surface area contributed by atoms with Gasteiger partial charge in [0.05, 0.1) is 26.4 Å². The first-order chi connectivity index (χ1) is 15.4. The summed E-state index contributed by atoms with van der Waals surface area (Å²) in [5.74, 6) is 0.856. The molecule has 0 aromatic heterocycles. The van der Waals surface area contributed by atoms with Crippen molar-refractivity contribution < 1.29 is 13.9 Å². The fourth-order valence-corrected chi connectivity index (χ4v) is 9.15. The maximum atomic E-state index is 7.03. The minimum absolute atomic E-state index is 0.0133. The molecule has 0 heterocycles. The van der Waals surface area contributed by atoms with Gasteiger partial charge < -0.3 is 13.9 Å². The number of hydrogen-bond acceptors (Lipinski definition) is 3. The summed E-state index contributed by atoms with van der Waals surface area (Å²) in [6.07, 6.45) is 0.0133. The van der Waals surface area contributed by atoms with Gasteiger partial charge in [-0.25, -0.2) is 0 Å². The van der Waals surface area contributed by atoms with Crippen molar-refractivity contribution in [1.82, 2.24) is 0 Å². The molecule has 0 radical (unpaired) electrons. The maximum absolute atomic E-state index is 7.03. The van der Waals surface area contributed by atoms with Crippen LogP contribution in [0.1, 0.15) is 26.3 Å². The summed E-state index contributed by atoms with van der Waals surface area (Å²) >= 11 is 2.40. The van der Waals surface area contributed by atoms with Gasteiger partial charge in [-0.05, 0) is 33.1 Å². The molecule has 0 saturated heterocycles. The first-order valence-corrected chi connectivity index (χ1v) is 14.4. The Morgan fingerprint density at radius 3 is 1.78 bits per heavy atom. The lowest BCUT2D eigenvalue weighted by atomic mass is 10.2. The van der Waals surface area contributed by atoms with Gasteiger partial charge in [0.2, 0.25) is 0 Å². The summed E-state index contributed by atoms with van der Waals surface area (Å²) in [7, 11) is -0.869. The third-order valence-electron chi connectivity index (χ3n) is 5.72. The molecular weight excluding hydrogens is 527 g/mol. The van der Waals surface area contributed by atoms with Crippen LogP contribution in [0.25, 0.3) is 0 Å². The Hall–Kier alpha value is -1.67. The van der Waals surface area contributed by atoms with Crippen molar-refractivity contribution in [2.45, 2.75) is 38.5 Å². The highest BCUT2D eigenvalue weighted by Gasteiger charge is 2.50. The summed E-state index contributed by atoms with van der Waals surface area (Å²) < 4.78 is 19.4. The molecule has 0 aliphatic carbocycles. The number of methoxy groups -OCH3 is 1. The van der Waals surface area contributed by atoms with Crippen LogP contribution in [-0.4, -0.2) is 32.6 Å². The third-order valence-corrected chi connectivity index (χ3v) is 11.7. The number of benzene rings is 3. The lowest BCUT2D eigenvalue weighted by Gasteiger charge is -2.43. The number of ether oxygens (including phenoxy) is 2. The molecule has 0 bridgehead atoms. The first kappa shape index (κ1) is 25.0. The predicted molar refractivity (Wildman–Crippen MR) is 144 cm³/mol. The van der Waals surface area contributed by atoms with E-state index in [-0.39, 0.29) is 11.1 Å². The number of halogens is 1. The topological polar surface area (TPSA) is 27.7 Å². The molecule has 0 fully saturated rings. The van der Waals surface area contributed by atoms with E-state index in [0.29, 0.717) is 13.2 Å². The smallest absolute Gasteiger partial charge is 0.261 e. The van der Waals surface area contributed by atoms with Gasteiger partial charge in [-0.15, -0.1) is 0 Å². The van der Waals surface area contributed by atoms with Gasteiger partial charge in [0.25, 0.3) is 8.32 Å². The second kappa shape index (κ2) is 11.5. The summed E-state index contributed by atoms with van der Waals surface area (Å²) in [5, 5.41) is 2.55. The molecule has 3 nitrogen and oxygen atoms in total. The average Bonchev–Trinajstić information content (AvgIpc) is 2.82. The SMILES string of the molecule is COc1ccc(CO[C@H](CI)CO[Si](c2ccccc2)(c2ccccc2)C(C)(C)C)cc1. The maximum Gasteiger partial charge on any atom is 0.261 e. The molecular formula is C27H33IO3Si. The lowest BCUT2D eigenvalue weighted by molar-refractivity contribution is 0.0236. The van der Waals surface area contributed by atoms with E-state index < -0.39 is 8.32 Å². The molecule has 0 aliphatic rings. The van der Waals surface area contributed by atoms with Crippen LogP contribution >= 0.6 is 22.6 Å². The molecule has 0 unspecified atom stereocenters. The fraction of sp³-hybridized carbons (Fsp3) is 0.333. The quantitative estimate of drug-likeness (QED) is 0.184. The molecule has 0 spiro atoms. The predicted octanol–water partition coefficient (Wildman–Crippen LogP) is 5.59. The zero-order valence-electron chi connectivity index (χ0n) is 19.4. The van der Waals surface area contributed by atoms with Gasteiger partial charge in [-0.3, -0.25) is 0 Å². The summed E-state index contributed by atoms with van der Waals surface area (Å²) in [5.41, 5.74) is 1.13. The molecule has 0 aliphatic heterocycles. The van der Waals surface area contributed by atoms with Gasteiger partial charge in [0.15, 0.2) is 0 Å². The van der Waals surface area contributed by atoms with Crippen LogP contribution in [0.3, 0.4) is 0 Å². The summed E-state index contributed by atoms with van der Waals surface area (Å²) in [4.78, 5) is 0. The third kappa shape index (κ3) is 5.81. The minimum Gasteiger partial charge on any atom is -0.497 e. The normalized spacial score (nSPS) is 13.0. The monoisotopic (exact) mass is 560 g/mol. The van der Waals surface area contributed by atoms with Crippen LogP contribution < -0.4 is 15.1 Å². The Kier molecular flexibility index (Phi) is 8.93. The highest BCUT2D eigenvalue weighted by Crippen LogP contribution is 2.37. The lowest BCUT2D eigenvalue weighted by Crippen LogP contribution is -2.67. The molecule has 0 saturated carbocycles. The molecule has 170 valence electrons. The number of hydrogen-bond donors (Lipinski definition) is 0. The molecule has 0 amide bonds. The van der Waals surface area contributed by atoms with Gasteiger partial charge in [0, 0.05) is 4.43 Å². The zero-order valence-corrected chi connectivity index (χ0v) is 22.5. The molecule has 3 rings (SSSR count). The number of rotatable bonds is 10. The number of alkyl halides is 1. The Balaban J connectivity index is 1.84. The van der Waals surface area contributed by atoms with E-state index in [1.165, 1.54) is 10.4 Å². The Labute approximate surface area is 207 Å². The van der Waals surface area contributed by atoms with Gasteiger partial charge in [-0.1, -0.05) is 116 Å². The highest BCUT2D eigenvalue weighted by atomic mass is 127. The largest absolute Gasteiger partial charge is 0.497 e. The van der Waals surface area contributed by atoms with Crippen LogP contribution in [0.15, 0.2) is 84.9 Å². The zero-order chi connectivity index (χ0) is 23.0. The molecule has 1 atom stereocenters. The Morgan fingerprint density at radius 1 is 0.812 bits per heavy atom. The van der Waals surface area contributed by atoms with E-state index in [9.17, 15) is 0 Å². The second-order valence-corrected chi connectivity index (χ2v) is 14.1. The van der Waals surface area contributed by atoms with Crippen molar-refractivity contribution in [3.05, 3.63) is 90.5 Å². The van der Waals surface area contributed by atoms with Crippen molar-refractivity contribution in [2.75, 3.05) is 18.1 Å². The van der Waals surface area contributed by atoms with Gasteiger partial charge in [0.1, 0.15) is 5.75 Å². The van der Waals surface area contributed by atoms with Crippen LogP contribution in [0.5, 0.6) is 5.75 Å². The van der Waals surface area contributed by atoms with Gasteiger partial charge in [-0.2, -0.15) is 0 Å². The Bertz CT molecular complexity index is 901. The van der Waals surface area contributed by atoms with E-state index >= 15 is 0 Å². The molecule has 0 N–H and O–H groups in total. The van der Waals surface area contributed by atoms with Crippen LogP contribution in [0.4, 0.5) is 0 Å². The minimum atomic E-state index is -2.55. The summed E-state index contributed by atoms with van der Waals surface area (Å²) in [6.45, 7) is 8.03. The second-order valence-electron chi connectivity index (χ2n) is 8.91. The van der Waals surface area contributed by atoms with E-state index in [2.05, 4.69) is 104 Å². The van der Waals surface area contributed by atoms with E-state index in [0.717, 1.165) is 15.7 Å². The van der Waals surface area contributed by atoms with Gasteiger partial charge >= 0.3 is 0 Å². The standard InChI is InChI=1S/C27H33IO3Si/c1-27(2,3)32(25-11-7-5-8-12-25,26-13-9-6-10-14-26)31-21-24(19-28)30-20-22-15-17-23(29-4)18-16-22/h5-18,24H,19-21H2,1-4H3/t24-/m1/s1. The molecule has 32 heavy (non-hydrogen) atoms. The van der Waals surface area contributed by atoms with Crippen molar-refractivity contribution in [1.29, 1.82) is 0 Å². The fourth-order valence-electron chi connectivity index (χ4n) is 4.05. The van der Waals surface area contributed by atoms with Crippen molar-refractivity contribution in [2.24, 2.45) is 0 Å². The van der Waals surface area contributed by atoms with Crippen molar-refractivity contribution in [3.63, 3.8) is 0 Å². The van der Waals surface area contributed by atoms with Crippen LogP contribution in [0, 0.1) is 0 Å². The van der Waals surface area contributed by atoms with Crippen molar-refractivity contribution >= 4 is 41.3 Å². The van der Waals surface area contributed by atoms with E-state index in [1.807, 2.05) is 24.3 Å².